The molecule has 3 radical (unpaired) electrons. The summed E-state index contributed by atoms with van der Waals surface area (Å²) in [4.78, 5) is 12.8. The van der Waals surface area contributed by atoms with E-state index in [0.29, 0.717) is 11.7 Å². The summed E-state index contributed by atoms with van der Waals surface area (Å²) in [6.07, 6.45) is 0.338. The first kappa shape index (κ1) is 15.7. The molecule has 3 aromatic rings. The van der Waals surface area contributed by atoms with Crippen LogP contribution in [-0.2, 0) is 0 Å². The average Bonchev–Trinajstić information content (AvgIpc) is 2.64. The maximum absolute atomic E-state index is 12.8. The number of rotatable bonds is 5. The summed E-state index contributed by atoms with van der Waals surface area (Å²) in [5.41, 5.74) is 0.717. The van der Waals surface area contributed by atoms with Crippen molar-refractivity contribution in [3.63, 3.8) is 0 Å². The first-order valence-electron chi connectivity index (χ1n) is 7.56. The molecule has 0 aliphatic rings. The molecule has 1 nitrogen and oxygen atoms in total. The molecule has 0 amide bonds. The van der Waals surface area contributed by atoms with Crippen molar-refractivity contribution in [2.75, 3.05) is 6.16 Å². The summed E-state index contributed by atoms with van der Waals surface area (Å²) >= 11 is 0. The molecular formula is C20H17BOP. The van der Waals surface area contributed by atoms with Crippen molar-refractivity contribution in [2.24, 2.45) is 0 Å². The van der Waals surface area contributed by atoms with Gasteiger partial charge in [-0.25, -0.2) is 0 Å². The summed E-state index contributed by atoms with van der Waals surface area (Å²) in [6, 6.07) is 29.3. The Morgan fingerprint density at radius 2 is 1.09 bits per heavy atom. The van der Waals surface area contributed by atoms with Gasteiger partial charge >= 0.3 is 0 Å². The van der Waals surface area contributed by atoms with E-state index in [-0.39, 0.29) is 5.78 Å². The molecule has 0 N–H and O–H groups in total. The Labute approximate surface area is 139 Å². The van der Waals surface area contributed by atoms with Crippen molar-refractivity contribution < 1.29 is 4.79 Å². The number of ketones is 1. The van der Waals surface area contributed by atoms with Gasteiger partial charge in [-0.15, -0.1) is 0 Å². The van der Waals surface area contributed by atoms with Crippen LogP contribution in [0.1, 0.15) is 10.4 Å². The standard InChI is InChI=1S/C20H17BOP/c21-23(18-12-6-2-7-13-18,19-14-8-3-9-15-19)16-20(22)17-10-4-1-5-11-17/h1-15H,16H2. The van der Waals surface area contributed by atoms with Gasteiger partial charge in [0.1, 0.15) is 0 Å². The predicted octanol–water partition coefficient (Wildman–Crippen LogP) is 3.62. The summed E-state index contributed by atoms with van der Waals surface area (Å²) in [5.74, 6) is 0.0918. The van der Waals surface area contributed by atoms with Crippen LogP contribution in [0, 0.1) is 0 Å². The molecule has 0 aliphatic carbocycles. The molecule has 3 rings (SSSR count). The Bertz CT molecular complexity index is 733. The van der Waals surface area contributed by atoms with Crippen LogP contribution in [0.3, 0.4) is 0 Å². The smallest absolute Gasteiger partial charge is 0.196 e. The molecule has 0 saturated carbocycles. The lowest BCUT2D eigenvalue weighted by Gasteiger charge is -2.36. The monoisotopic (exact) mass is 315 g/mol. The van der Waals surface area contributed by atoms with Crippen molar-refractivity contribution in [1.29, 1.82) is 0 Å². The van der Waals surface area contributed by atoms with Crippen molar-refractivity contribution in [3.05, 3.63) is 96.6 Å². The first-order valence-corrected chi connectivity index (χ1v) is 9.60. The van der Waals surface area contributed by atoms with E-state index in [0.717, 1.165) is 10.6 Å². The molecule has 3 heteroatoms. The van der Waals surface area contributed by atoms with Gasteiger partial charge in [0.15, 0.2) is 5.78 Å². The lowest BCUT2D eigenvalue weighted by Crippen LogP contribution is -2.28. The van der Waals surface area contributed by atoms with Gasteiger partial charge in [0.05, 0.1) is 6.16 Å². The van der Waals surface area contributed by atoms with Crippen molar-refractivity contribution >= 4 is 31.1 Å². The molecule has 0 bridgehead atoms. The predicted molar refractivity (Wildman–Crippen MR) is 100 cm³/mol. The van der Waals surface area contributed by atoms with E-state index in [1.54, 1.807) is 0 Å². The van der Waals surface area contributed by atoms with E-state index < -0.39 is 7.14 Å². The Kier molecular flexibility index (Phi) is 4.74. The van der Waals surface area contributed by atoms with E-state index in [1.165, 1.54) is 0 Å². The van der Waals surface area contributed by atoms with Crippen LogP contribution < -0.4 is 10.6 Å². The minimum absolute atomic E-state index is 0.0918. The fourth-order valence-electron chi connectivity index (χ4n) is 2.66. The average molecular weight is 315 g/mol. The zero-order valence-electron chi connectivity index (χ0n) is 12.8. The minimum Gasteiger partial charge on any atom is -0.291 e. The number of hydrogen-bond acceptors (Lipinski definition) is 1. The highest BCUT2D eigenvalue weighted by molar-refractivity contribution is 8.09. The van der Waals surface area contributed by atoms with Crippen LogP contribution in [0.25, 0.3) is 0 Å². The van der Waals surface area contributed by atoms with Crippen LogP contribution in [-0.4, -0.2) is 19.5 Å². The van der Waals surface area contributed by atoms with Gasteiger partial charge in [0.2, 0.25) is 0 Å². The number of hydrogen-bond donors (Lipinski definition) is 0. The van der Waals surface area contributed by atoms with Gasteiger partial charge in [0.25, 0.3) is 0 Å². The van der Waals surface area contributed by atoms with Crippen LogP contribution in [0.2, 0.25) is 0 Å². The lowest BCUT2D eigenvalue weighted by atomic mass is 10.2. The highest BCUT2D eigenvalue weighted by atomic mass is 31.2. The van der Waals surface area contributed by atoms with Gasteiger partial charge in [-0.2, -0.15) is 7.14 Å². The number of carbonyl (C=O) groups is 1. The lowest BCUT2D eigenvalue weighted by molar-refractivity contribution is 0.102. The molecule has 0 atom stereocenters. The third kappa shape index (κ3) is 3.43. The quantitative estimate of drug-likeness (QED) is 0.399. The molecular weight excluding hydrogens is 298 g/mol. The second-order valence-corrected chi connectivity index (χ2v) is 8.57. The van der Waals surface area contributed by atoms with E-state index in [1.807, 2.05) is 91.0 Å². The van der Waals surface area contributed by atoms with Gasteiger partial charge in [0, 0.05) is 16.2 Å². The Morgan fingerprint density at radius 1 is 0.696 bits per heavy atom. The molecule has 0 saturated heterocycles. The Hall–Kier alpha value is -2.18. The van der Waals surface area contributed by atoms with E-state index in [9.17, 15) is 4.79 Å². The maximum Gasteiger partial charge on any atom is 0.196 e. The zero-order valence-corrected chi connectivity index (χ0v) is 13.7. The zero-order chi connectivity index (χ0) is 16.1. The molecule has 111 valence electrons. The fraction of sp³-hybridized carbons (Fsp3) is 0.0500. The SMILES string of the molecule is [B-][P+](CC(=O)c1ccccc1)(c1ccccc1)c1ccccc1. The van der Waals surface area contributed by atoms with Gasteiger partial charge in [-0.3, -0.25) is 12.4 Å². The largest absolute Gasteiger partial charge is 0.291 e. The van der Waals surface area contributed by atoms with Gasteiger partial charge < -0.3 is 0 Å². The van der Waals surface area contributed by atoms with Gasteiger partial charge in [-0.05, 0) is 24.3 Å². The maximum atomic E-state index is 12.8. The topological polar surface area (TPSA) is 17.1 Å². The van der Waals surface area contributed by atoms with Crippen molar-refractivity contribution in [3.8, 4) is 0 Å². The summed E-state index contributed by atoms with van der Waals surface area (Å²) in [7, 11) is 4.62. The molecule has 0 spiro atoms. The third-order valence-corrected chi connectivity index (χ3v) is 7.15. The molecule has 0 heterocycles. The second-order valence-electron chi connectivity index (χ2n) is 5.49. The molecule has 3 aromatic carbocycles. The molecule has 0 aromatic heterocycles. The van der Waals surface area contributed by atoms with E-state index in [4.69, 9.17) is 7.57 Å². The summed E-state index contributed by atoms with van der Waals surface area (Å²) < 4.78 is 0. The second kappa shape index (κ2) is 6.94. The van der Waals surface area contributed by atoms with E-state index >= 15 is 0 Å². The molecule has 0 aliphatic heterocycles. The molecule has 0 fully saturated rings. The van der Waals surface area contributed by atoms with Crippen LogP contribution >= 0.6 is 7.14 Å². The highest BCUT2D eigenvalue weighted by Gasteiger charge is 2.27. The van der Waals surface area contributed by atoms with Gasteiger partial charge in [-0.1, -0.05) is 66.7 Å². The van der Waals surface area contributed by atoms with E-state index in [2.05, 4.69) is 0 Å². The van der Waals surface area contributed by atoms with Crippen molar-refractivity contribution in [2.45, 2.75) is 0 Å². The minimum atomic E-state index is -2.25. The Morgan fingerprint density at radius 3 is 1.52 bits per heavy atom. The van der Waals surface area contributed by atoms with Crippen molar-refractivity contribution in [1.82, 2.24) is 0 Å². The summed E-state index contributed by atoms with van der Waals surface area (Å²) in [5, 5.41) is 2.10. The van der Waals surface area contributed by atoms with Crippen LogP contribution in [0.4, 0.5) is 0 Å². The normalized spacial score (nSPS) is 11.2. The number of benzene rings is 3. The fourth-order valence-corrected chi connectivity index (χ4v) is 5.37. The first-order chi connectivity index (χ1) is 11.2. The third-order valence-electron chi connectivity index (χ3n) is 3.92. The van der Waals surface area contributed by atoms with Crippen LogP contribution in [0.5, 0.6) is 0 Å². The summed E-state index contributed by atoms with van der Waals surface area (Å²) in [6.45, 7) is 0. The molecule has 0 unspecified atom stereocenters. The molecule has 23 heavy (non-hydrogen) atoms. The highest BCUT2D eigenvalue weighted by Crippen LogP contribution is 2.51. The Balaban J connectivity index is 2.01. The number of Topliss-reactive ketones (excluding diaryl/α,β-unsaturated/α-hetero) is 1. The number of carbonyl (C=O) groups excluding carboxylic acids is 1. The van der Waals surface area contributed by atoms with Crippen LogP contribution in [0.15, 0.2) is 91.0 Å².